The van der Waals surface area contributed by atoms with E-state index in [1.54, 1.807) is 0 Å². The Bertz CT molecular complexity index is 4330. The molecule has 0 saturated heterocycles. The molecule has 330 valence electrons. The van der Waals surface area contributed by atoms with Gasteiger partial charge in [0.1, 0.15) is 231 Å². The van der Waals surface area contributed by atoms with Crippen molar-refractivity contribution in [2.24, 2.45) is 0 Å². The third-order valence-corrected chi connectivity index (χ3v) is 21.8. The summed E-state index contributed by atoms with van der Waals surface area (Å²) in [6.45, 7) is 0. The molecule has 0 N–H and O–H groups in total. The predicted molar refractivity (Wildman–Crippen MR) is 429 cm³/mol. The molecule has 10 rings (SSSR count). The molecule has 10 aromatic rings. The van der Waals surface area contributed by atoms with Crippen LogP contribution in [0.25, 0.3) is 98.4 Å². The Kier molecular flexibility index (Phi) is 13.0. The molecule has 0 aliphatic heterocycles. The van der Waals surface area contributed by atoms with Crippen LogP contribution in [0.4, 0.5) is 0 Å². The van der Waals surface area contributed by atoms with Crippen LogP contribution < -0.4 is 153 Å². The predicted octanol–water partition coefficient (Wildman–Crippen LogP) is -35.6. The molecular weight excluding hydrogens is 871 g/mol. The minimum Gasteiger partial charge on any atom is -0.457 e. The van der Waals surface area contributed by atoms with Crippen molar-refractivity contribution in [3.05, 3.63) is 0 Å². The van der Waals surface area contributed by atoms with Crippen LogP contribution in [0.2, 0.25) is 0 Å². The van der Waals surface area contributed by atoms with Crippen LogP contribution in [0.15, 0.2) is 4.42 Å². The maximum absolute atomic E-state index is 7.25. The van der Waals surface area contributed by atoms with Gasteiger partial charge in [0.15, 0.2) is 0 Å². The highest BCUT2D eigenvalue weighted by atomic mass is 16.3. The standard InChI is InChI=1S/C46H56B28O/c47-17-4-1(8-11-16-32(62)40(70)42(72)44(74)46(16)75-45(11)43(73)41(71)21(8)51)5-7(20(50)37(67)35(65)18(5)48)2(6(4)19(49)36(66)34(17)64)12-24(54)27(57)14(28(58)25(12)55)9-3-10-15(31(61)39(69)38(68)23(10)53)29(59)26(56)13(3)30(60)33(63)22(9)52/h47-74H2. The SMILES string of the molecule is Bc1c(B)c(-c2c(B)c(B)c(B)c3c(B)c(B)c4c(B)c(B)c(B)c(B)c4c23)c(B)c(B)c1-c1c2c(B)c(B)c(B)c(B)c2c(-c2c(B)c(B)c(B)c3oc4c(B)c(B)c(B)c(B)c4c23)c2c(B)c(B)c(B)c(B)c12. The molecule has 75 heavy (non-hydrogen) atoms. The summed E-state index contributed by atoms with van der Waals surface area (Å²) in [5.74, 6) is 0. The van der Waals surface area contributed by atoms with Crippen LogP contribution in [-0.2, 0) is 0 Å². The maximum Gasteiger partial charge on any atom is 0.143 e. The number of hydrogen-bond acceptors (Lipinski definition) is 1. The molecule has 1 heterocycles. The van der Waals surface area contributed by atoms with Crippen LogP contribution in [0.5, 0.6) is 0 Å². The Labute approximate surface area is 472 Å². The van der Waals surface area contributed by atoms with Gasteiger partial charge in [-0.1, -0.05) is 109 Å². The van der Waals surface area contributed by atoms with E-state index >= 15 is 0 Å². The lowest BCUT2D eigenvalue weighted by molar-refractivity contribution is 0.675. The smallest absolute Gasteiger partial charge is 0.143 e. The molecule has 0 atom stereocenters. The van der Waals surface area contributed by atoms with Crippen molar-refractivity contribution in [3.8, 4) is 33.4 Å². The van der Waals surface area contributed by atoms with Crippen LogP contribution in [0, 0.1) is 0 Å². The molecule has 9 aromatic carbocycles. The highest BCUT2D eigenvalue weighted by molar-refractivity contribution is 6.78. The fourth-order valence-electron chi connectivity index (χ4n) is 15.0. The van der Waals surface area contributed by atoms with Gasteiger partial charge < -0.3 is 4.42 Å². The summed E-state index contributed by atoms with van der Waals surface area (Å²) in [6, 6.07) is 0. The number of furan rings is 1. The molecule has 0 aliphatic rings. The Morgan fingerprint density at radius 1 is 0.120 bits per heavy atom. The van der Waals surface area contributed by atoms with E-state index in [1.165, 1.54) is 240 Å². The molecule has 0 unspecified atom stereocenters. The van der Waals surface area contributed by atoms with E-state index < -0.39 is 0 Å². The summed E-state index contributed by atoms with van der Waals surface area (Å²) >= 11 is 0. The molecule has 0 bridgehead atoms. The first-order valence-electron chi connectivity index (χ1n) is 27.9. The van der Waals surface area contributed by atoms with E-state index in [4.69, 9.17) is 4.42 Å². The van der Waals surface area contributed by atoms with Crippen molar-refractivity contribution in [1.82, 2.24) is 0 Å². The lowest BCUT2D eigenvalue weighted by Gasteiger charge is -2.32. The third-order valence-electron chi connectivity index (χ3n) is 21.8. The van der Waals surface area contributed by atoms with E-state index in [0.717, 1.165) is 11.2 Å². The van der Waals surface area contributed by atoms with Gasteiger partial charge in [0.25, 0.3) is 0 Å². The van der Waals surface area contributed by atoms with Gasteiger partial charge >= 0.3 is 0 Å². The van der Waals surface area contributed by atoms with Gasteiger partial charge in [0, 0.05) is 10.8 Å². The molecule has 0 radical (unpaired) electrons. The molecule has 0 saturated carbocycles. The lowest BCUT2D eigenvalue weighted by atomic mass is 9.55. The molecule has 0 fully saturated rings. The van der Waals surface area contributed by atoms with Crippen molar-refractivity contribution >= 4 is 438 Å². The Hall–Kier alpha value is -4.36. The highest BCUT2D eigenvalue weighted by Crippen LogP contribution is 2.43. The van der Waals surface area contributed by atoms with Crippen LogP contribution in [0.3, 0.4) is 0 Å². The summed E-state index contributed by atoms with van der Waals surface area (Å²) in [7, 11) is 66.5. The van der Waals surface area contributed by atoms with E-state index in [0.29, 0.717) is 0 Å². The number of fused-ring (bicyclic) bond motifs is 8. The van der Waals surface area contributed by atoms with Gasteiger partial charge in [0.05, 0.1) is 0 Å². The van der Waals surface area contributed by atoms with Crippen LogP contribution >= 0.6 is 0 Å². The largest absolute Gasteiger partial charge is 0.457 e. The Balaban J connectivity index is 1.49. The van der Waals surface area contributed by atoms with Crippen LogP contribution in [-0.4, -0.2) is 220 Å². The Morgan fingerprint density at radius 2 is 0.320 bits per heavy atom. The average molecular weight is 928 g/mol. The minimum atomic E-state index is 1.03. The first-order valence-corrected chi connectivity index (χ1v) is 27.9. The second-order valence-electron chi connectivity index (χ2n) is 24.3. The van der Waals surface area contributed by atoms with Gasteiger partial charge in [-0.3, -0.25) is 0 Å². The van der Waals surface area contributed by atoms with E-state index in [-0.39, 0.29) is 0 Å². The summed E-state index contributed by atoms with van der Waals surface area (Å²) < 4.78 is 7.25. The first-order chi connectivity index (χ1) is 35.0. The van der Waals surface area contributed by atoms with Crippen molar-refractivity contribution in [1.29, 1.82) is 0 Å². The number of hydrogen-bond donors (Lipinski definition) is 0. The highest BCUT2D eigenvalue weighted by Gasteiger charge is 2.32. The van der Waals surface area contributed by atoms with Gasteiger partial charge in [0.2, 0.25) is 0 Å². The second kappa shape index (κ2) is 18.1. The molecule has 0 spiro atoms. The summed E-state index contributed by atoms with van der Waals surface area (Å²) in [5, 5.41) is 13.8. The zero-order valence-electron chi connectivity index (χ0n) is 51.4. The molecule has 1 aromatic heterocycles. The summed E-state index contributed by atoms with van der Waals surface area (Å²) in [6.07, 6.45) is 0. The molecule has 29 heteroatoms. The average Bonchev–Trinajstić information content (AvgIpc) is 3.84. The van der Waals surface area contributed by atoms with Crippen molar-refractivity contribution in [2.75, 3.05) is 0 Å². The second-order valence-corrected chi connectivity index (χ2v) is 24.3. The normalized spacial score (nSPS) is 11.9. The molecule has 0 aliphatic carbocycles. The summed E-state index contributed by atoms with van der Waals surface area (Å²) in [4.78, 5) is 0. The topological polar surface area (TPSA) is 13.1 Å². The molecule has 0 amide bonds. The summed E-state index contributed by atoms with van der Waals surface area (Å²) in [5.41, 5.74) is 48.6. The maximum atomic E-state index is 7.25. The van der Waals surface area contributed by atoms with E-state index in [9.17, 15) is 0 Å². The Morgan fingerprint density at radius 3 is 0.693 bits per heavy atom. The lowest BCUT2D eigenvalue weighted by Crippen LogP contribution is -2.52. The number of rotatable bonds is 3. The van der Waals surface area contributed by atoms with E-state index in [1.807, 2.05) is 0 Å². The van der Waals surface area contributed by atoms with Gasteiger partial charge in [-0.15, -0.1) is 43.7 Å². The minimum absolute atomic E-state index is 1.03. The monoisotopic (exact) mass is 933 g/mol. The van der Waals surface area contributed by atoms with Crippen molar-refractivity contribution in [3.63, 3.8) is 0 Å². The quantitative estimate of drug-likeness (QED) is 0.0978. The van der Waals surface area contributed by atoms with Crippen LogP contribution in [0.1, 0.15) is 0 Å². The van der Waals surface area contributed by atoms with E-state index in [2.05, 4.69) is 220 Å². The van der Waals surface area contributed by atoms with Crippen molar-refractivity contribution < 1.29 is 4.42 Å². The van der Waals surface area contributed by atoms with Gasteiger partial charge in [-0.2, -0.15) is 0 Å². The van der Waals surface area contributed by atoms with Crippen molar-refractivity contribution in [2.45, 2.75) is 0 Å². The molecular formula is C46H56B28O. The first kappa shape index (κ1) is 54.0. The zero-order chi connectivity index (χ0) is 55.3. The fourth-order valence-corrected chi connectivity index (χ4v) is 15.0. The molecule has 1 nitrogen and oxygen atoms in total. The van der Waals surface area contributed by atoms with Gasteiger partial charge in [-0.25, -0.2) is 0 Å². The third kappa shape index (κ3) is 6.85. The van der Waals surface area contributed by atoms with Gasteiger partial charge in [-0.05, 0) is 76.5 Å². The fraction of sp³-hybridized carbons (Fsp3) is 0. The zero-order valence-corrected chi connectivity index (χ0v) is 51.4. The number of benzene rings is 9.